The molecule has 0 amide bonds. The molecule has 0 spiro atoms. The molecule has 1 fully saturated rings. The van der Waals surface area contributed by atoms with E-state index in [1.165, 1.54) is 12.3 Å². The number of hydrogen-bond acceptors (Lipinski definition) is 6. The molecule has 0 bridgehead atoms. The molecule has 2 heterocycles. The van der Waals surface area contributed by atoms with Crippen molar-refractivity contribution in [2.24, 2.45) is 0 Å². The molecular formula is C11H15ClN2O5S2. The van der Waals surface area contributed by atoms with Crippen molar-refractivity contribution in [2.75, 3.05) is 24.7 Å². The van der Waals surface area contributed by atoms with E-state index in [0.717, 1.165) is 10.5 Å². The first-order valence-corrected chi connectivity index (χ1v) is 9.84. The van der Waals surface area contributed by atoms with Gasteiger partial charge in [0, 0.05) is 25.0 Å². The standard InChI is InChI=1S/C11H15ClN2O5S2/c12-10-1-3-13-7-11(10)21(18,19)14(4-5-15)9-2-6-20(16,17)8-9/h1,3,7,9,15H,2,4-6,8H2. The molecular weight excluding hydrogens is 340 g/mol. The predicted molar refractivity (Wildman–Crippen MR) is 77.3 cm³/mol. The quantitative estimate of drug-likeness (QED) is 0.792. The lowest BCUT2D eigenvalue weighted by atomic mass is 10.3. The Labute approximate surface area is 128 Å². The van der Waals surface area contributed by atoms with Crippen molar-refractivity contribution in [3.05, 3.63) is 23.5 Å². The zero-order valence-electron chi connectivity index (χ0n) is 11.0. The molecule has 0 aromatic carbocycles. The van der Waals surface area contributed by atoms with Crippen LogP contribution in [0.15, 0.2) is 23.4 Å². The molecule has 0 aliphatic carbocycles. The lowest BCUT2D eigenvalue weighted by Crippen LogP contribution is -2.42. The van der Waals surface area contributed by atoms with Crippen LogP contribution in [0.1, 0.15) is 6.42 Å². The van der Waals surface area contributed by atoms with E-state index in [1.54, 1.807) is 0 Å². The molecule has 1 unspecified atom stereocenters. The van der Waals surface area contributed by atoms with Crippen molar-refractivity contribution in [2.45, 2.75) is 17.4 Å². The first-order valence-electron chi connectivity index (χ1n) is 6.20. The average Bonchev–Trinajstić information content (AvgIpc) is 2.76. The minimum absolute atomic E-state index is 0.00814. The van der Waals surface area contributed by atoms with Gasteiger partial charge in [-0.25, -0.2) is 16.8 Å². The number of pyridine rings is 1. The Morgan fingerprint density at radius 3 is 2.71 bits per heavy atom. The van der Waals surface area contributed by atoms with Gasteiger partial charge in [0.25, 0.3) is 0 Å². The molecule has 0 saturated carbocycles. The zero-order valence-corrected chi connectivity index (χ0v) is 13.4. The summed E-state index contributed by atoms with van der Waals surface area (Å²) in [4.78, 5) is 3.55. The van der Waals surface area contributed by atoms with E-state index < -0.39 is 32.5 Å². The molecule has 21 heavy (non-hydrogen) atoms. The summed E-state index contributed by atoms with van der Waals surface area (Å²) in [5.41, 5.74) is 0. The summed E-state index contributed by atoms with van der Waals surface area (Å²) >= 11 is 5.89. The Hall–Kier alpha value is -0.740. The first-order chi connectivity index (χ1) is 9.78. The van der Waals surface area contributed by atoms with Crippen molar-refractivity contribution < 1.29 is 21.9 Å². The SMILES string of the molecule is O=S1(=O)CCC(N(CCO)S(=O)(=O)c2cnccc2Cl)C1. The third kappa shape index (κ3) is 3.54. The summed E-state index contributed by atoms with van der Waals surface area (Å²) < 4.78 is 49.4. The maximum absolute atomic E-state index is 12.6. The summed E-state index contributed by atoms with van der Waals surface area (Å²) in [5, 5.41) is 9.11. The van der Waals surface area contributed by atoms with Crippen LogP contribution in [0, 0.1) is 0 Å². The summed E-state index contributed by atoms with van der Waals surface area (Å²) in [5.74, 6) is -0.306. The minimum atomic E-state index is -4.01. The number of sulfonamides is 1. The lowest BCUT2D eigenvalue weighted by Gasteiger charge is -2.26. The molecule has 1 aromatic rings. The lowest BCUT2D eigenvalue weighted by molar-refractivity contribution is 0.232. The number of halogens is 1. The van der Waals surface area contributed by atoms with Gasteiger partial charge < -0.3 is 5.11 Å². The normalized spacial score (nSPS) is 21.8. The van der Waals surface area contributed by atoms with Gasteiger partial charge in [-0.15, -0.1) is 0 Å². The molecule has 1 saturated heterocycles. The van der Waals surface area contributed by atoms with Crippen LogP contribution in [0.5, 0.6) is 0 Å². The van der Waals surface area contributed by atoms with Gasteiger partial charge in [0.1, 0.15) is 4.90 Å². The maximum Gasteiger partial charge on any atom is 0.246 e. The first kappa shape index (κ1) is 16.6. The van der Waals surface area contributed by atoms with E-state index in [-0.39, 0.29) is 34.4 Å². The van der Waals surface area contributed by atoms with Gasteiger partial charge in [-0.2, -0.15) is 4.31 Å². The second-order valence-corrected chi connectivity index (χ2v) is 9.20. The fourth-order valence-corrected chi connectivity index (χ4v) is 6.16. The number of sulfone groups is 1. The van der Waals surface area contributed by atoms with Crippen molar-refractivity contribution in [3.63, 3.8) is 0 Å². The molecule has 2 rings (SSSR count). The Bertz CT molecular complexity index is 720. The highest BCUT2D eigenvalue weighted by Gasteiger charge is 2.39. The van der Waals surface area contributed by atoms with E-state index in [0.29, 0.717) is 0 Å². The van der Waals surface area contributed by atoms with E-state index in [1.807, 2.05) is 0 Å². The van der Waals surface area contributed by atoms with Gasteiger partial charge in [-0.3, -0.25) is 4.98 Å². The Morgan fingerprint density at radius 1 is 1.48 bits per heavy atom. The summed E-state index contributed by atoms with van der Waals surface area (Å²) in [7, 11) is -7.26. The molecule has 7 nitrogen and oxygen atoms in total. The van der Waals surface area contributed by atoms with E-state index in [2.05, 4.69) is 4.98 Å². The van der Waals surface area contributed by atoms with Gasteiger partial charge in [-0.1, -0.05) is 11.6 Å². The van der Waals surface area contributed by atoms with E-state index in [4.69, 9.17) is 16.7 Å². The topological polar surface area (TPSA) is 105 Å². The van der Waals surface area contributed by atoms with Crippen molar-refractivity contribution in [1.29, 1.82) is 0 Å². The number of aliphatic hydroxyl groups is 1. The van der Waals surface area contributed by atoms with E-state index in [9.17, 15) is 16.8 Å². The fraction of sp³-hybridized carbons (Fsp3) is 0.545. The van der Waals surface area contributed by atoms with E-state index >= 15 is 0 Å². The number of aromatic nitrogens is 1. The Balaban J connectivity index is 2.40. The van der Waals surface area contributed by atoms with Crippen molar-refractivity contribution in [3.8, 4) is 0 Å². The smallest absolute Gasteiger partial charge is 0.246 e. The fourth-order valence-electron chi connectivity index (χ4n) is 2.28. The number of rotatable bonds is 5. The van der Waals surface area contributed by atoms with Crippen LogP contribution in [-0.2, 0) is 19.9 Å². The van der Waals surface area contributed by atoms with Gasteiger partial charge in [-0.05, 0) is 12.5 Å². The van der Waals surface area contributed by atoms with Crippen LogP contribution in [0.4, 0.5) is 0 Å². The molecule has 0 radical (unpaired) electrons. The molecule has 1 N–H and O–H groups in total. The monoisotopic (exact) mass is 354 g/mol. The maximum atomic E-state index is 12.6. The number of aliphatic hydroxyl groups excluding tert-OH is 1. The highest BCUT2D eigenvalue weighted by Crippen LogP contribution is 2.28. The molecule has 1 aromatic heterocycles. The number of hydrogen-bond donors (Lipinski definition) is 1. The van der Waals surface area contributed by atoms with Gasteiger partial charge >= 0.3 is 0 Å². The molecule has 1 aliphatic rings. The summed E-state index contributed by atoms with van der Waals surface area (Å²) in [6.07, 6.45) is 2.68. The molecule has 118 valence electrons. The average molecular weight is 355 g/mol. The van der Waals surface area contributed by atoms with Crippen molar-refractivity contribution >= 4 is 31.5 Å². The molecule has 1 aliphatic heterocycles. The Morgan fingerprint density at radius 2 is 2.19 bits per heavy atom. The van der Waals surface area contributed by atoms with Crippen LogP contribution < -0.4 is 0 Å². The second kappa shape index (κ2) is 6.17. The van der Waals surface area contributed by atoms with Crippen molar-refractivity contribution in [1.82, 2.24) is 9.29 Å². The van der Waals surface area contributed by atoms with Gasteiger partial charge in [0.05, 0.1) is 23.1 Å². The van der Waals surface area contributed by atoms with Gasteiger partial charge in [0.15, 0.2) is 9.84 Å². The number of nitrogens with zero attached hydrogens (tertiary/aromatic N) is 2. The molecule has 1 atom stereocenters. The van der Waals surface area contributed by atoms with Gasteiger partial charge in [0.2, 0.25) is 10.0 Å². The summed E-state index contributed by atoms with van der Waals surface area (Å²) in [6, 6.07) is 0.653. The highest BCUT2D eigenvalue weighted by molar-refractivity contribution is 7.92. The van der Waals surface area contributed by atoms with Crippen LogP contribution in [0.3, 0.4) is 0 Å². The van der Waals surface area contributed by atoms with Crippen LogP contribution in [-0.4, -0.2) is 61.9 Å². The largest absolute Gasteiger partial charge is 0.395 e. The van der Waals surface area contributed by atoms with Crippen LogP contribution in [0.25, 0.3) is 0 Å². The highest BCUT2D eigenvalue weighted by atomic mass is 35.5. The summed E-state index contributed by atoms with van der Waals surface area (Å²) in [6.45, 7) is -0.596. The predicted octanol–water partition coefficient (Wildman–Crippen LogP) is -0.0949. The van der Waals surface area contributed by atoms with Crippen LogP contribution in [0.2, 0.25) is 5.02 Å². The minimum Gasteiger partial charge on any atom is -0.395 e. The molecule has 10 heteroatoms. The third-order valence-corrected chi connectivity index (χ3v) is 7.43. The van der Waals surface area contributed by atoms with Crippen LogP contribution >= 0.6 is 11.6 Å². The Kier molecular flexibility index (Phi) is 4.89. The second-order valence-electron chi connectivity index (χ2n) is 4.70. The third-order valence-electron chi connectivity index (χ3n) is 3.26. The zero-order chi connectivity index (χ0) is 15.7.